The monoisotopic (exact) mass is 503 g/mol. The normalized spacial score (nSPS) is 12.1. The highest BCUT2D eigenvalue weighted by molar-refractivity contribution is 5.65. The van der Waals surface area contributed by atoms with Gasteiger partial charge in [-0.25, -0.2) is 9.07 Å². The first kappa shape index (κ1) is 26.4. The zero-order valence-electron chi connectivity index (χ0n) is 21.6. The van der Waals surface area contributed by atoms with Crippen LogP contribution in [-0.2, 0) is 13.6 Å². The molecule has 0 aliphatic rings. The van der Waals surface area contributed by atoms with Crippen LogP contribution in [0.25, 0.3) is 11.3 Å². The molecule has 0 amide bonds. The van der Waals surface area contributed by atoms with Gasteiger partial charge in [-0.1, -0.05) is 55.5 Å². The number of aliphatic hydroxyl groups is 1. The number of ether oxygens (including phenoxy) is 2. The van der Waals surface area contributed by atoms with Gasteiger partial charge in [0.25, 0.3) is 0 Å². The van der Waals surface area contributed by atoms with Crippen molar-refractivity contribution in [3.63, 3.8) is 0 Å². The second-order valence-corrected chi connectivity index (χ2v) is 9.14. The lowest BCUT2D eigenvalue weighted by Crippen LogP contribution is -2.36. The first-order chi connectivity index (χ1) is 17.9. The van der Waals surface area contributed by atoms with E-state index in [1.165, 1.54) is 12.1 Å². The van der Waals surface area contributed by atoms with Crippen LogP contribution in [-0.4, -0.2) is 45.6 Å². The lowest BCUT2D eigenvalue weighted by Gasteiger charge is -2.25. The molecule has 0 bridgehead atoms. The largest absolute Gasteiger partial charge is 0.491 e. The van der Waals surface area contributed by atoms with Crippen molar-refractivity contribution in [1.29, 1.82) is 0 Å². The van der Waals surface area contributed by atoms with E-state index in [2.05, 4.69) is 11.8 Å². The number of rotatable bonds is 12. The molecule has 0 spiro atoms. The summed E-state index contributed by atoms with van der Waals surface area (Å²) < 4.78 is 27.3. The van der Waals surface area contributed by atoms with Crippen molar-refractivity contribution in [1.82, 2.24) is 14.7 Å². The number of benzene rings is 3. The first-order valence-corrected chi connectivity index (χ1v) is 12.6. The van der Waals surface area contributed by atoms with E-state index in [1.54, 1.807) is 16.8 Å². The third kappa shape index (κ3) is 6.96. The van der Waals surface area contributed by atoms with Crippen LogP contribution in [0.4, 0.5) is 4.39 Å². The fourth-order valence-corrected chi connectivity index (χ4v) is 4.29. The third-order valence-corrected chi connectivity index (χ3v) is 6.08. The molecule has 4 aromatic rings. The van der Waals surface area contributed by atoms with Crippen molar-refractivity contribution in [3.8, 4) is 28.6 Å². The lowest BCUT2D eigenvalue weighted by atomic mass is 10.1. The van der Waals surface area contributed by atoms with Gasteiger partial charge in [0.1, 0.15) is 35.7 Å². The number of aryl methyl sites for hydroxylation is 2. The number of aliphatic hydroxyl groups excluding tert-OH is 1. The zero-order valence-corrected chi connectivity index (χ0v) is 21.6. The minimum Gasteiger partial charge on any atom is -0.491 e. The maximum Gasteiger partial charge on any atom is 0.222 e. The summed E-state index contributed by atoms with van der Waals surface area (Å²) in [7, 11) is 1.84. The van der Waals surface area contributed by atoms with Crippen molar-refractivity contribution >= 4 is 0 Å². The van der Waals surface area contributed by atoms with E-state index in [4.69, 9.17) is 14.6 Å². The van der Waals surface area contributed by atoms with Crippen LogP contribution in [0.1, 0.15) is 24.5 Å². The van der Waals surface area contributed by atoms with Crippen LogP contribution in [0.3, 0.4) is 0 Å². The average Bonchev–Trinajstić information content (AvgIpc) is 3.20. The molecule has 3 aromatic carbocycles. The molecule has 37 heavy (non-hydrogen) atoms. The lowest BCUT2D eigenvalue weighted by molar-refractivity contribution is 0.0652. The molecule has 1 aromatic heterocycles. The minimum absolute atomic E-state index is 0.197. The van der Waals surface area contributed by atoms with Crippen molar-refractivity contribution in [2.75, 3.05) is 19.7 Å². The smallest absolute Gasteiger partial charge is 0.222 e. The molecule has 0 aliphatic carbocycles. The zero-order chi connectivity index (χ0) is 26.2. The van der Waals surface area contributed by atoms with Crippen LogP contribution in [0.15, 0.2) is 78.9 Å². The Morgan fingerprint density at radius 3 is 2.41 bits per heavy atom. The molecule has 0 fully saturated rings. The second kappa shape index (κ2) is 12.5. The summed E-state index contributed by atoms with van der Waals surface area (Å²) in [5.41, 5.74) is 3.72. The summed E-state index contributed by atoms with van der Waals surface area (Å²) in [5.74, 6) is 1.56. The van der Waals surface area contributed by atoms with Crippen LogP contribution >= 0.6 is 0 Å². The van der Waals surface area contributed by atoms with Crippen LogP contribution < -0.4 is 9.47 Å². The standard InChI is InChI=1S/C30H34FN3O3/c1-4-18-34(19-25(35)21-36-28-13-9-8-10-22(28)2)20-27-29(23-11-6-5-7-12-23)32-33(3)30(27)37-26-16-14-24(31)15-17-26/h5-17,25,35H,4,18-21H2,1-3H3/t25-/m0/s1. The summed E-state index contributed by atoms with van der Waals surface area (Å²) in [5, 5.41) is 15.6. The Hall–Kier alpha value is -3.68. The van der Waals surface area contributed by atoms with E-state index >= 15 is 0 Å². The van der Waals surface area contributed by atoms with Gasteiger partial charge < -0.3 is 14.6 Å². The van der Waals surface area contributed by atoms with Gasteiger partial charge >= 0.3 is 0 Å². The van der Waals surface area contributed by atoms with Gasteiger partial charge in [0, 0.05) is 25.7 Å². The molecule has 6 nitrogen and oxygen atoms in total. The molecule has 1 N–H and O–H groups in total. The predicted octanol–water partition coefficient (Wildman–Crippen LogP) is 5.98. The Labute approximate surface area is 217 Å². The number of halogens is 1. The molecule has 0 radical (unpaired) electrons. The highest BCUT2D eigenvalue weighted by atomic mass is 19.1. The molecule has 0 unspecified atom stereocenters. The Morgan fingerprint density at radius 1 is 1.00 bits per heavy atom. The number of nitrogens with zero attached hydrogens (tertiary/aromatic N) is 3. The topological polar surface area (TPSA) is 59.8 Å². The van der Waals surface area contributed by atoms with Gasteiger partial charge in [-0.05, 0) is 55.8 Å². The summed E-state index contributed by atoms with van der Waals surface area (Å²) in [6.07, 6.45) is 0.241. The van der Waals surface area contributed by atoms with Gasteiger partial charge in [-0.15, -0.1) is 0 Å². The molecule has 1 atom stereocenters. The quantitative estimate of drug-likeness (QED) is 0.258. The first-order valence-electron chi connectivity index (χ1n) is 12.6. The molecule has 1 heterocycles. The number of hydrogen-bond acceptors (Lipinski definition) is 5. The van der Waals surface area contributed by atoms with Crippen LogP contribution in [0.5, 0.6) is 17.4 Å². The van der Waals surface area contributed by atoms with Gasteiger partial charge in [0.15, 0.2) is 0 Å². The molecular weight excluding hydrogens is 469 g/mol. The van der Waals surface area contributed by atoms with Crippen molar-refractivity contribution in [2.45, 2.75) is 32.9 Å². The number of para-hydroxylation sites is 1. The highest BCUT2D eigenvalue weighted by Gasteiger charge is 2.23. The Morgan fingerprint density at radius 2 is 1.70 bits per heavy atom. The van der Waals surface area contributed by atoms with E-state index in [-0.39, 0.29) is 12.4 Å². The van der Waals surface area contributed by atoms with Crippen LogP contribution in [0.2, 0.25) is 0 Å². The summed E-state index contributed by atoms with van der Waals surface area (Å²) in [6.45, 7) is 6.02. The molecule has 0 saturated heterocycles. The third-order valence-electron chi connectivity index (χ3n) is 6.08. The fourth-order valence-electron chi connectivity index (χ4n) is 4.29. The number of aromatic nitrogens is 2. The van der Waals surface area contributed by atoms with Crippen molar-refractivity contribution in [2.24, 2.45) is 7.05 Å². The number of hydrogen-bond donors (Lipinski definition) is 1. The summed E-state index contributed by atoms with van der Waals surface area (Å²) in [4.78, 5) is 2.19. The maximum atomic E-state index is 13.5. The van der Waals surface area contributed by atoms with Gasteiger partial charge in [-0.2, -0.15) is 5.10 Å². The predicted molar refractivity (Wildman–Crippen MR) is 143 cm³/mol. The van der Waals surface area contributed by atoms with E-state index in [9.17, 15) is 9.50 Å². The van der Waals surface area contributed by atoms with E-state index in [0.717, 1.165) is 41.1 Å². The molecule has 0 saturated carbocycles. The van der Waals surface area contributed by atoms with Crippen LogP contribution in [0, 0.1) is 12.7 Å². The average molecular weight is 504 g/mol. The Balaban J connectivity index is 1.57. The molecule has 194 valence electrons. The maximum absolute atomic E-state index is 13.5. The van der Waals surface area contributed by atoms with Gasteiger partial charge in [0.05, 0.1) is 5.56 Å². The molecule has 0 aliphatic heterocycles. The molecule has 7 heteroatoms. The van der Waals surface area contributed by atoms with Crippen molar-refractivity contribution < 1.29 is 19.0 Å². The van der Waals surface area contributed by atoms with Gasteiger partial charge in [-0.3, -0.25) is 4.90 Å². The van der Waals surface area contributed by atoms with E-state index in [1.807, 2.05) is 68.6 Å². The van der Waals surface area contributed by atoms with E-state index < -0.39 is 6.10 Å². The second-order valence-electron chi connectivity index (χ2n) is 9.14. The minimum atomic E-state index is -0.676. The Kier molecular flexibility index (Phi) is 8.93. The highest BCUT2D eigenvalue weighted by Crippen LogP contribution is 2.34. The van der Waals surface area contributed by atoms with Crippen molar-refractivity contribution in [3.05, 3.63) is 95.8 Å². The summed E-state index contributed by atoms with van der Waals surface area (Å²) in [6, 6.07) is 23.7. The SMILES string of the molecule is CCCN(Cc1c(-c2ccccc2)nn(C)c1Oc1ccc(F)cc1)C[C@H](O)COc1ccccc1C. The summed E-state index contributed by atoms with van der Waals surface area (Å²) >= 11 is 0. The molecular formula is C30H34FN3O3. The van der Waals surface area contributed by atoms with E-state index in [0.29, 0.717) is 24.7 Å². The Bertz CT molecular complexity index is 1280. The van der Waals surface area contributed by atoms with Gasteiger partial charge in [0.2, 0.25) is 5.88 Å². The fraction of sp³-hybridized carbons (Fsp3) is 0.300. The molecule has 4 rings (SSSR count).